The standard InChI is InChI=1S/C16H22N2O3/c1-12-4-3-9-18(10-12)16(20)11-21-15-7-5-14(6-8-15)17-13(2)19/h5-8,12H,3-4,9-11H2,1-2H3,(H,17,19). The minimum absolute atomic E-state index is 0.0347. The van der Waals surface area contributed by atoms with Crippen LogP contribution in [0.2, 0.25) is 0 Å². The molecule has 5 nitrogen and oxygen atoms in total. The molecule has 2 amide bonds. The zero-order valence-corrected chi connectivity index (χ0v) is 12.6. The van der Waals surface area contributed by atoms with Crippen LogP contribution in [-0.4, -0.2) is 36.4 Å². The number of carbonyl (C=O) groups is 2. The third kappa shape index (κ3) is 4.77. The maximum absolute atomic E-state index is 12.1. The highest BCUT2D eigenvalue weighted by Crippen LogP contribution is 2.17. The van der Waals surface area contributed by atoms with Crippen LogP contribution in [0.15, 0.2) is 24.3 Å². The highest BCUT2D eigenvalue weighted by Gasteiger charge is 2.20. The van der Waals surface area contributed by atoms with E-state index in [9.17, 15) is 9.59 Å². The van der Waals surface area contributed by atoms with E-state index in [0.29, 0.717) is 17.4 Å². The number of benzene rings is 1. The highest BCUT2D eigenvalue weighted by atomic mass is 16.5. The van der Waals surface area contributed by atoms with E-state index >= 15 is 0 Å². The van der Waals surface area contributed by atoms with Gasteiger partial charge in [-0.25, -0.2) is 0 Å². The maximum atomic E-state index is 12.1. The van der Waals surface area contributed by atoms with Crippen LogP contribution in [-0.2, 0) is 9.59 Å². The van der Waals surface area contributed by atoms with Crippen molar-refractivity contribution in [3.8, 4) is 5.75 Å². The molecule has 114 valence electrons. The van der Waals surface area contributed by atoms with Gasteiger partial charge in [-0.05, 0) is 43.0 Å². The van der Waals surface area contributed by atoms with Crippen molar-refractivity contribution in [1.82, 2.24) is 4.90 Å². The van der Waals surface area contributed by atoms with E-state index in [-0.39, 0.29) is 18.4 Å². The second-order valence-corrected chi connectivity index (χ2v) is 5.58. The van der Waals surface area contributed by atoms with Gasteiger partial charge in [0.1, 0.15) is 5.75 Å². The Morgan fingerprint density at radius 1 is 1.33 bits per heavy atom. The van der Waals surface area contributed by atoms with E-state index in [1.165, 1.54) is 13.3 Å². The molecule has 1 aromatic carbocycles. The fraction of sp³-hybridized carbons (Fsp3) is 0.500. The topological polar surface area (TPSA) is 58.6 Å². The third-order valence-electron chi connectivity index (χ3n) is 3.55. The first-order valence-corrected chi connectivity index (χ1v) is 7.33. The van der Waals surface area contributed by atoms with Gasteiger partial charge in [-0.1, -0.05) is 6.92 Å². The van der Waals surface area contributed by atoms with Crippen molar-refractivity contribution in [3.63, 3.8) is 0 Å². The van der Waals surface area contributed by atoms with Crippen molar-refractivity contribution in [3.05, 3.63) is 24.3 Å². The highest BCUT2D eigenvalue weighted by molar-refractivity contribution is 5.88. The number of hydrogen-bond acceptors (Lipinski definition) is 3. The Balaban J connectivity index is 1.82. The smallest absolute Gasteiger partial charge is 0.260 e. The van der Waals surface area contributed by atoms with Gasteiger partial charge in [0.05, 0.1) is 0 Å². The Hall–Kier alpha value is -2.04. The van der Waals surface area contributed by atoms with Crippen molar-refractivity contribution in [2.75, 3.05) is 25.0 Å². The number of amides is 2. The van der Waals surface area contributed by atoms with Gasteiger partial charge in [0.15, 0.2) is 6.61 Å². The second kappa shape index (κ2) is 7.11. The number of nitrogens with zero attached hydrogens (tertiary/aromatic N) is 1. The van der Waals surface area contributed by atoms with Crippen molar-refractivity contribution in [1.29, 1.82) is 0 Å². The first-order valence-electron chi connectivity index (χ1n) is 7.33. The van der Waals surface area contributed by atoms with Crippen molar-refractivity contribution < 1.29 is 14.3 Å². The molecule has 1 aliphatic heterocycles. The predicted octanol–water partition coefficient (Wildman–Crippen LogP) is 2.28. The van der Waals surface area contributed by atoms with Crippen molar-refractivity contribution in [2.45, 2.75) is 26.7 Å². The molecule has 1 aliphatic rings. The molecule has 1 N–H and O–H groups in total. The molecular weight excluding hydrogens is 268 g/mol. The molecule has 0 aliphatic carbocycles. The van der Waals surface area contributed by atoms with E-state index in [0.717, 1.165) is 19.5 Å². The minimum atomic E-state index is -0.113. The van der Waals surface area contributed by atoms with Gasteiger partial charge >= 0.3 is 0 Å². The van der Waals surface area contributed by atoms with E-state index < -0.39 is 0 Å². The summed E-state index contributed by atoms with van der Waals surface area (Å²) in [5.41, 5.74) is 0.714. The van der Waals surface area contributed by atoms with Crippen LogP contribution in [0.5, 0.6) is 5.75 Å². The van der Waals surface area contributed by atoms with Gasteiger partial charge in [0.2, 0.25) is 5.91 Å². The molecule has 5 heteroatoms. The first kappa shape index (κ1) is 15.4. The van der Waals surface area contributed by atoms with E-state index in [2.05, 4.69) is 12.2 Å². The fourth-order valence-electron chi connectivity index (χ4n) is 2.49. The molecule has 21 heavy (non-hydrogen) atoms. The summed E-state index contributed by atoms with van der Waals surface area (Å²) >= 11 is 0. The summed E-state index contributed by atoms with van der Waals surface area (Å²) in [6.07, 6.45) is 2.26. The van der Waals surface area contributed by atoms with Crippen LogP contribution >= 0.6 is 0 Å². The monoisotopic (exact) mass is 290 g/mol. The molecule has 1 fully saturated rings. The summed E-state index contributed by atoms with van der Waals surface area (Å²) in [6, 6.07) is 7.00. The number of nitrogens with one attached hydrogen (secondary N) is 1. The van der Waals surface area contributed by atoms with Crippen LogP contribution in [0.25, 0.3) is 0 Å². The van der Waals surface area contributed by atoms with E-state index in [1.54, 1.807) is 24.3 Å². The number of likely N-dealkylation sites (tertiary alicyclic amines) is 1. The Morgan fingerprint density at radius 2 is 2.05 bits per heavy atom. The average molecular weight is 290 g/mol. The Kier molecular flexibility index (Phi) is 5.20. The maximum Gasteiger partial charge on any atom is 0.260 e. The molecule has 0 bridgehead atoms. The van der Waals surface area contributed by atoms with Crippen molar-refractivity contribution >= 4 is 17.5 Å². The first-order chi connectivity index (χ1) is 10.0. The molecule has 0 spiro atoms. The number of hydrogen-bond donors (Lipinski definition) is 1. The number of ether oxygens (including phenoxy) is 1. The largest absolute Gasteiger partial charge is 0.484 e. The quantitative estimate of drug-likeness (QED) is 0.925. The van der Waals surface area contributed by atoms with Crippen LogP contribution in [0, 0.1) is 5.92 Å². The summed E-state index contributed by atoms with van der Waals surface area (Å²) in [7, 11) is 0. The van der Waals surface area contributed by atoms with Gasteiger partial charge < -0.3 is 15.0 Å². The lowest BCUT2D eigenvalue weighted by molar-refractivity contribution is -0.135. The summed E-state index contributed by atoms with van der Waals surface area (Å²) in [5.74, 6) is 1.12. The van der Waals surface area contributed by atoms with Gasteiger partial charge in [-0.2, -0.15) is 0 Å². The summed E-state index contributed by atoms with van der Waals surface area (Å²) < 4.78 is 5.51. The van der Waals surface area contributed by atoms with E-state index in [1.807, 2.05) is 4.90 Å². The van der Waals surface area contributed by atoms with Gasteiger partial charge in [0, 0.05) is 25.7 Å². The van der Waals surface area contributed by atoms with Gasteiger partial charge in [-0.15, -0.1) is 0 Å². The molecule has 0 radical (unpaired) electrons. The van der Waals surface area contributed by atoms with Crippen LogP contribution in [0.3, 0.4) is 0 Å². The normalized spacial score (nSPS) is 18.2. The van der Waals surface area contributed by atoms with E-state index in [4.69, 9.17) is 4.74 Å². The zero-order valence-electron chi connectivity index (χ0n) is 12.6. The summed E-state index contributed by atoms with van der Waals surface area (Å²) in [4.78, 5) is 24.9. The lowest BCUT2D eigenvalue weighted by Gasteiger charge is -2.30. The van der Waals surface area contributed by atoms with Gasteiger partial charge in [0.25, 0.3) is 5.91 Å². The molecule has 1 atom stereocenters. The lowest BCUT2D eigenvalue weighted by Crippen LogP contribution is -2.41. The number of piperidine rings is 1. The molecule has 1 unspecified atom stereocenters. The summed E-state index contributed by atoms with van der Waals surface area (Å²) in [6.45, 7) is 5.34. The number of anilines is 1. The van der Waals surface area contributed by atoms with Crippen LogP contribution in [0.4, 0.5) is 5.69 Å². The molecule has 1 aromatic rings. The molecular formula is C16H22N2O3. The SMILES string of the molecule is CC(=O)Nc1ccc(OCC(=O)N2CCCC(C)C2)cc1. The number of rotatable bonds is 4. The Bertz CT molecular complexity index is 499. The third-order valence-corrected chi connectivity index (χ3v) is 3.55. The summed E-state index contributed by atoms with van der Waals surface area (Å²) in [5, 5.41) is 2.68. The Morgan fingerprint density at radius 3 is 2.67 bits per heavy atom. The molecule has 0 saturated carbocycles. The molecule has 0 aromatic heterocycles. The minimum Gasteiger partial charge on any atom is -0.484 e. The van der Waals surface area contributed by atoms with Crippen LogP contribution in [0.1, 0.15) is 26.7 Å². The molecule has 2 rings (SSSR count). The Labute approximate surface area is 125 Å². The van der Waals surface area contributed by atoms with Crippen molar-refractivity contribution in [2.24, 2.45) is 5.92 Å². The van der Waals surface area contributed by atoms with Crippen LogP contribution < -0.4 is 10.1 Å². The fourth-order valence-corrected chi connectivity index (χ4v) is 2.49. The lowest BCUT2D eigenvalue weighted by atomic mass is 10.0. The average Bonchev–Trinajstić information content (AvgIpc) is 2.45. The van der Waals surface area contributed by atoms with Gasteiger partial charge in [-0.3, -0.25) is 9.59 Å². The predicted molar refractivity (Wildman–Crippen MR) is 81.2 cm³/mol. The molecule has 1 heterocycles. The second-order valence-electron chi connectivity index (χ2n) is 5.58. The number of carbonyl (C=O) groups excluding carboxylic acids is 2. The zero-order chi connectivity index (χ0) is 15.2. The molecule has 1 saturated heterocycles.